The van der Waals surface area contributed by atoms with Crippen molar-refractivity contribution in [2.75, 3.05) is 0 Å². The van der Waals surface area contributed by atoms with Crippen molar-refractivity contribution in [3.63, 3.8) is 0 Å². The van der Waals surface area contributed by atoms with E-state index < -0.39 is 11.6 Å². The first-order valence-electron chi connectivity index (χ1n) is 5.96. The molecule has 106 valence electrons. The summed E-state index contributed by atoms with van der Waals surface area (Å²) in [5.41, 5.74) is 0.225. The lowest BCUT2D eigenvalue weighted by Crippen LogP contribution is -2.34. The van der Waals surface area contributed by atoms with Crippen LogP contribution in [0, 0.1) is 5.82 Å². The van der Waals surface area contributed by atoms with Crippen molar-refractivity contribution in [2.45, 2.75) is 26.1 Å². The van der Waals surface area contributed by atoms with E-state index in [-0.39, 0.29) is 12.4 Å². The molecular formula is C14H14FNO3S. The predicted octanol–water partition coefficient (Wildman–Crippen LogP) is 3.33. The summed E-state index contributed by atoms with van der Waals surface area (Å²) in [6.07, 6.45) is 0. The molecule has 0 unspecified atom stereocenters. The quantitative estimate of drug-likeness (QED) is 0.919. The summed E-state index contributed by atoms with van der Waals surface area (Å²) in [5, 5.41) is 11.5. The minimum absolute atomic E-state index is 0.122. The molecule has 2 rings (SSSR count). The molecule has 20 heavy (non-hydrogen) atoms. The van der Waals surface area contributed by atoms with E-state index in [0.29, 0.717) is 5.69 Å². The zero-order chi connectivity index (χ0) is 14.8. The van der Waals surface area contributed by atoms with E-state index in [9.17, 15) is 9.18 Å². The minimum atomic E-state index is -1.25. The second kappa shape index (κ2) is 5.68. The third-order valence-electron chi connectivity index (χ3n) is 2.74. The maximum absolute atomic E-state index is 12.8. The molecule has 0 bridgehead atoms. The topological polar surface area (TPSA) is 59.4 Å². The Hall–Kier alpha value is -1.79. The van der Waals surface area contributed by atoms with E-state index in [1.807, 2.05) is 0 Å². The van der Waals surface area contributed by atoms with Crippen molar-refractivity contribution in [1.82, 2.24) is 4.98 Å². The van der Waals surface area contributed by atoms with Gasteiger partial charge >= 0.3 is 5.97 Å². The van der Waals surface area contributed by atoms with Crippen LogP contribution in [0.2, 0.25) is 0 Å². The zero-order valence-corrected chi connectivity index (χ0v) is 11.9. The molecule has 1 aromatic carbocycles. The molecule has 0 aliphatic heterocycles. The summed E-state index contributed by atoms with van der Waals surface area (Å²) < 4.78 is 18.2. The van der Waals surface area contributed by atoms with E-state index in [4.69, 9.17) is 9.84 Å². The molecule has 0 saturated heterocycles. The molecule has 0 saturated carbocycles. The summed E-state index contributed by atoms with van der Waals surface area (Å²) in [4.78, 5) is 15.3. The molecule has 0 atom stereocenters. The van der Waals surface area contributed by atoms with Crippen LogP contribution in [-0.2, 0) is 16.1 Å². The minimum Gasteiger partial charge on any atom is -0.479 e. The van der Waals surface area contributed by atoms with Crippen molar-refractivity contribution < 1.29 is 19.0 Å². The molecule has 1 heterocycles. The Bertz CT molecular complexity index is 607. The smallest absolute Gasteiger partial charge is 0.335 e. The average Bonchev–Trinajstić information content (AvgIpc) is 2.86. The molecule has 0 aliphatic carbocycles. The van der Waals surface area contributed by atoms with Gasteiger partial charge in [-0.3, -0.25) is 0 Å². The van der Waals surface area contributed by atoms with Gasteiger partial charge in [0, 0.05) is 10.9 Å². The summed E-state index contributed by atoms with van der Waals surface area (Å²) in [5.74, 6) is -1.32. The predicted molar refractivity (Wildman–Crippen MR) is 74.0 cm³/mol. The van der Waals surface area contributed by atoms with E-state index in [1.165, 1.54) is 37.3 Å². The van der Waals surface area contributed by atoms with Gasteiger partial charge in [0.15, 0.2) is 5.60 Å². The van der Waals surface area contributed by atoms with Gasteiger partial charge in [-0.2, -0.15) is 0 Å². The van der Waals surface area contributed by atoms with E-state index in [0.717, 1.165) is 10.6 Å². The first-order valence-corrected chi connectivity index (χ1v) is 6.84. The normalized spacial score (nSPS) is 11.6. The van der Waals surface area contributed by atoms with Crippen molar-refractivity contribution in [1.29, 1.82) is 0 Å². The number of nitrogens with zero attached hydrogens (tertiary/aromatic N) is 1. The number of hydrogen-bond acceptors (Lipinski definition) is 4. The van der Waals surface area contributed by atoms with Gasteiger partial charge in [0.1, 0.15) is 10.8 Å². The molecule has 6 heteroatoms. The third kappa shape index (κ3) is 3.40. The number of halogens is 1. The number of rotatable bonds is 5. The number of carbonyl (C=O) groups is 1. The zero-order valence-electron chi connectivity index (χ0n) is 11.1. The number of aromatic nitrogens is 1. The van der Waals surface area contributed by atoms with Crippen LogP contribution in [-0.4, -0.2) is 21.7 Å². The van der Waals surface area contributed by atoms with Crippen LogP contribution in [0.15, 0.2) is 29.6 Å². The highest BCUT2D eigenvalue weighted by molar-refractivity contribution is 7.13. The maximum atomic E-state index is 12.8. The molecule has 0 amide bonds. The lowest BCUT2D eigenvalue weighted by molar-refractivity contribution is -0.162. The van der Waals surface area contributed by atoms with Gasteiger partial charge in [-0.1, -0.05) is 0 Å². The Balaban J connectivity index is 2.06. The average molecular weight is 295 g/mol. The number of thiazole rings is 1. The molecule has 1 N–H and O–H groups in total. The SMILES string of the molecule is CC(C)(OCc1csc(-c2ccc(F)cc2)n1)C(=O)O. The fourth-order valence-electron chi connectivity index (χ4n) is 1.41. The Kier molecular flexibility index (Phi) is 4.15. The Labute approximate surface area is 119 Å². The largest absolute Gasteiger partial charge is 0.479 e. The highest BCUT2D eigenvalue weighted by Crippen LogP contribution is 2.25. The van der Waals surface area contributed by atoms with Crippen LogP contribution in [0.5, 0.6) is 0 Å². The summed E-state index contributed by atoms with van der Waals surface area (Å²) >= 11 is 1.41. The molecule has 1 aromatic heterocycles. The lowest BCUT2D eigenvalue weighted by Gasteiger charge is -2.19. The molecule has 0 radical (unpaired) electrons. The summed E-state index contributed by atoms with van der Waals surface area (Å²) in [6.45, 7) is 3.10. The highest BCUT2D eigenvalue weighted by atomic mass is 32.1. The number of carboxylic acid groups (broad SMARTS) is 1. The van der Waals surface area contributed by atoms with E-state index >= 15 is 0 Å². The Morgan fingerprint density at radius 3 is 2.65 bits per heavy atom. The van der Waals surface area contributed by atoms with Crippen molar-refractivity contribution in [3.05, 3.63) is 41.2 Å². The molecule has 4 nitrogen and oxygen atoms in total. The first-order chi connectivity index (χ1) is 9.38. The van der Waals surface area contributed by atoms with Crippen molar-refractivity contribution >= 4 is 17.3 Å². The molecule has 2 aromatic rings. The van der Waals surface area contributed by atoms with Crippen LogP contribution in [0.4, 0.5) is 4.39 Å². The molecule has 0 fully saturated rings. The van der Waals surface area contributed by atoms with Crippen LogP contribution in [0.25, 0.3) is 10.6 Å². The lowest BCUT2D eigenvalue weighted by atomic mass is 10.1. The van der Waals surface area contributed by atoms with Gasteiger partial charge in [0.2, 0.25) is 0 Å². The number of ether oxygens (including phenoxy) is 1. The standard InChI is InChI=1S/C14H14FNO3S/c1-14(2,13(17)18)19-7-11-8-20-12(16-11)9-3-5-10(15)6-4-9/h3-6,8H,7H2,1-2H3,(H,17,18). The molecule has 0 aliphatic rings. The number of carboxylic acids is 1. The van der Waals surface area contributed by atoms with Gasteiger partial charge in [-0.15, -0.1) is 11.3 Å². The van der Waals surface area contributed by atoms with E-state index in [2.05, 4.69) is 4.98 Å². The number of hydrogen-bond donors (Lipinski definition) is 1. The second-order valence-electron chi connectivity index (χ2n) is 4.76. The fraction of sp³-hybridized carbons (Fsp3) is 0.286. The monoisotopic (exact) mass is 295 g/mol. The second-order valence-corrected chi connectivity index (χ2v) is 5.61. The maximum Gasteiger partial charge on any atom is 0.335 e. The Morgan fingerprint density at radius 1 is 1.40 bits per heavy atom. The van der Waals surface area contributed by atoms with Gasteiger partial charge < -0.3 is 9.84 Å². The van der Waals surface area contributed by atoms with Crippen LogP contribution in [0.1, 0.15) is 19.5 Å². The van der Waals surface area contributed by atoms with E-state index in [1.54, 1.807) is 17.5 Å². The molecule has 0 spiro atoms. The summed E-state index contributed by atoms with van der Waals surface area (Å²) in [6, 6.07) is 6.06. The van der Waals surface area contributed by atoms with Gasteiger partial charge in [0.25, 0.3) is 0 Å². The fourth-order valence-corrected chi connectivity index (χ4v) is 2.22. The van der Waals surface area contributed by atoms with Crippen LogP contribution >= 0.6 is 11.3 Å². The Morgan fingerprint density at radius 2 is 2.05 bits per heavy atom. The van der Waals surface area contributed by atoms with Crippen molar-refractivity contribution in [2.24, 2.45) is 0 Å². The van der Waals surface area contributed by atoms with Gasteiger partial charge in [0.05, 0.1) is 12.3 Å². The first kappa shape index (κ1) is 14.6. The third-order valence-corrected chi connectivity index (χ3v) is 3.68. The number of aliphatic carboxylic acids is 1. The highest BCUT2D eigenvalue weighted by Gasteiger charge is 2.28. The van der Waals surface area contributed by atoms with Crippen LogP contribution in [0.3, 0.4) is 0 Å². The van der Waals surface area contributed by atoms with Gasteiger partial charge in [-0.05, 0) is 38.1 Å². The van der Waals surface area contributed by atoms with Gasteiger partial charge in [-0.25, -0.2) is 14.2 Å². The molecular weight excluding hydrogens is 281 g/mol. The number of benzene rings is 1. The summed E-state index contributed by atoms with van der Waals surface area (Å²) in [7, 11) is 0. The van der Waals surface area contributed by atoms with Crippen molar-refractivity contribution in [3.8, 4) is 10.6 Å². The van der Waals surface area contributed by atoms with Crippen LogP contribution < -0.4 is 0 Å².